The highest BCUT2D eigenvalue weighted by Gasteiger charge is 2.00. The maximum Gasteiger partial charge on any atom is 0.0765 e. The second-order valence-corrected chi connectivity index (χ2v) is 4.40. The monoisotopic (exact) mass is 210 g/mol. The van der Waals surface area contributed by atoms with Gasteiger partial charge in [0.25, 0.3) is 0 Å². The smallest absolute Gasteiger partial charge is 0.0765 e. The van der Waals surface area contributed by atoms with Crippen molar-refractivity contribution in [2.24, 2.45) is 0 Å². The fraction of sp³-hybridized carbons (Fsp3) is 1.00. The minimum Gasteiger partial charge on any atom is -0.391 e. The highest BCUT2D eigenvalue weighted by atomic mass is 35.5. The summed E-state index contributed by atoms with van der Waals surface area (Å²) in [6, 6.07) is 0. The Bertz CT molecular complexity index is 90.6. The van der Waals surface area contributed by atoms with Crippen LogP contribution in [0.1, 0.15) is 32.6 Å². The van der Waals surface area contributed by atoms with Crippen LogP contribution in [0.4, 0.5) is 0 Å². The van der Waals surface area contributed by atoms with Crippen molar-refractivity contribution in [1.82, 2.24) is 0 Å². The van der Waals surface area contributed by atoms with Crippen molar-refractivity contribution in [1.29, 1.82) is 0 Å². The van der Waals surface area contributed by atoms with Gasteiger partial charge in [0.05, 0.1) is 6.10 Å². The first kappa shape index (κ1) is 12.6. The van der Waals surface area contributed by atoms with Gasteiger partial charge < -0.3 is 5.11 Å². The number of unbranched alkanes of at least 4 members (excludes halogenated alkanes) is 3. The van der Waals surface area contributed by atoms with Gasteiger partial charge in [-0.15, -0.1) is 11.6 Å². The van der Waals surface area contributed by atoms with Gasteiger partial charge in [-0.05, 0) is 12.2 Å². The Morgan fingerprint density at radius 2 is 2.08 bits per heavy atom. The van der Waals surface area contributed by atoms with Crippen LogP contribution in [0.3, 0.4) is 0 Å². The molecule has 1 unspecified atom stereocenters. The molecule has 1 atom stereocenters. The van der Waals surface area contributed by atoms with Crippen molar-refractivity contribution in [3.63, 3.8) is 0 Å². The van der Waals surface area contributed by atoms with Gasteiger partial charge in [-0.25, -0.2) is 0 Å². The van der Waals surface area contributed by atoms with Gasteiger partial charge in [0, 0.05) is 11.6 Å². The van der Waals surface area contributed by atoms with Gasteiger partial charge in [0.2, 0.25) is 0 Å². The summed E-state index contributed by atoms with van der Waals surface area (Å²) in [6.45, 7) is 2.21. The Morgan fingerprint density at radius 1 is 1.33 bits per heavy atom. The molecule has 0 aliphatic carbocycles. The van der Waals surface area contributed by atoms with E-state index in [1.54, 1.807) is 11.8 Å². The van der Waals surface area contributed by atoms with Crippen LogP contribution in [0, 0.1) is 0 Å². The number of thioether (sulfide) groups is 1. The fourth-order valence-corrected chi connectivity index (χ4v) is 2.10. The molecule has 0 heterocycles. The van der Waals surface area contributed by atoms with Crippen LogP contribution in [0.5, 0.6) is 0 Å². The van der Waals surface area contributed by atoms with Gasteiger partial charge in [-0.3, -0.25) is 0 Å². The van der Waals surface area contributed by atoms with Crippen LogP contribution >= 0.6 is 23.4 Å². The second kappa shape index (κ2) is 9.69. The van der Waals surface area contributed by atoms with Gasteiger partial charge in [0.15, 0.2) is 0 Å². The van der Waals surface area contributed by atoms with E-state index in [9.17, 15) is 0 Å². The number of rotatable bonds is 8. The third kappa shape index (κ3) is 8.69. The lowest BCUT2D eigenvalue weighted by molar-refractivity contribution is 0.223. The SMILES string of the molecule is CCCCCCSCC(O)CCl. The molecule has 0 aromatic carbocycles. The van der Waals surface area contributed by atoms with E-state index in [1.165, 1.54) is 25.7 Å². The number of aliphatic hydroxyl groups is 1. The number of hydrogen-bond donors (Lipinski definition) is 1. The van der Waals surface area contributed by atoms with Crippen LogP contribution in [0.15, 0.2) is 0 Å². The Labute approximate surface area is 84.9 Å². The lowest BCUT2D eigenvalue weighted by Crippen LogP contribution is -2.11. The molecule has 12 heavy (non-hydrogen) atoms. The van der Waals surface area contributed by atoms with E-state index < -0.39 is 0 Å². The summed E-state index contributed by atoms with van der Waals surface area (Å²) in [5.74, 6) is 2.31. The summed E-state index contributed by atoms with van der Waals surface area (Å²) in [6.07, 6.45) is 4.89. The molecular formula is C9H19ClOS. The maximum atomic E-state index is 9.11. The van der Waals surface area contributed by atoms with E-state index in [4.69, 9.17) is 16.7 Å². The molecule has 3 heteroatoms. The summed E-state index contributed by atoms with van der Waals surface area (Å²) in [4.78, 5) is 0. The van der Waals surface area contributed by atoms with E-state index in [-0.39, 0.29) is 6.10 Å². The second-order valence-electron chi connectivity index (χ2n) is 2.94. The molecule has 0 rings (SSSR count). The van der Waals surface area contributed by atoms with Crippen molar-refractivity contribution in [2.75, 3.05) is 17.4 Å². The summed E-state index contributed by atoms with van der Waals surface area (Å²) in [5.41, 5.74) is 0. The topological polar surface area (TPSA) is 20.2 Å². The average Bonchev–Trinajstić information content (AvgIpc) is 2.10. The summed E-state index contributed by atoms with van der Waals surface area (Å²) >= 11 is 7.25. The lowest BCUT2D eigenvalue weighted by atomic mass is 10.2. The molecule has 0 saturated heterocycles. The van der Waals surface area contributed by atoms with Crippen LogP contribution < -0.4 is 0 Å². The third-order valence-corrected chi connectivity index (χ3v) is 3.18. The minimum atomic E-state index is -0.317. The highest BCUT2D eigenvalue weighted by molar-refractivity contribution is 7.99. The number of alkyl halides is 1. The maximum absolute atomic E-state index is 9.11. The molecule has 0 aromatic rings. The fourth-order valence-electron chi connectivity index (χ4n) is 0.895. The van der Waals surface area contributed by atoms with E-state index in [2.05, 4.69) is 6.92 Å². The minimum absolute atomic E-state index is 0.317. The molecule has 0 spiro atoms. The van der Waals surface area contributed by atoms with E-state index >= 15 is 0 Å². The molecule has 0 aliphatic heterocycles. The van der Waals surface area contributed by atoms with Gasteiger partial charge in [-0.2, -0.15) is 11.8 Å². The Morgan fingerprint density at radius 3 is 2.67 bits per heavy atom. The summed E-state index contributed by atoms with van der Waals surface area (Å²) < 4.78 is 0. The highest BCUT2D eigenvalue weighted by Crippen LogP contribution is 2.09. The van der Waals surface area contributed by atoms with Crippen molar-refractivity contribution >= 4 is 23.4 Å². The summed E-state index contributed by atoms with van der Waals surface area (Å²) in [7, 11) is 0. The molecule has 1 N–H and O–H groups in total. The normalized spacial score (nSPS) is 13.2. The summed E-state index contributed by atoms with van der Waals surface area (Å²) in [5, 5.41) is 9.11. The molecule has 0 fully saturated rings. The van der Waals surface area contributed by atoms with Crippen LogP contribution in [0.2, 0.25) is 0 Å². The number of hydrogen-bond acceptors (Lipinski definition) is 2. The first-order valence-electron chi connectivity index (χ1n) is 4.63. The standard InChI is InChI=1S/C9H19ClOS/c1-2-3-4-5-6-12-8-9(11)7-10/h9,11H,2-8H2,1H3. The molecule has 0 bridgehead atoms. The molecule has 1 nitrogen and oxygen atoms in total. The molecule has 0 radical (unpaired) electrons. The van der Waals surface area contributed by atoms with Crippen molar-refractivity contribution in [3.05, 3.63) is 0 Å². The lowest BCUT2D eigenvalue weighted by Gasteiger charge is -2.05. The van der Waals surface area contributed by atoms with Crippen molar-refractivity contribution < 1.29 is 5.11 Å². The van der Waals surface area contributed by atoms with Crippen LogP contribution in [-0.2, 0) is 0 Å². The first-order chi connectivity index (χ1) is 5.81. The molecule has 0 amide bonds. The first-order valence-corrected chi connectivity index (χ1v) is 6.32. The largest absolute Gasteiger partial charge is 0.391 e. The zero-order chi connectivity index (χ0) is 9.23. The Balaban J connectivity index is 2.90. The van der Waals surface area contributed by atoms with E-state index in [0.29, 0.717) is 5.88 Å². The predicted octanol–water partition coefficient (Wildman–Crippen LogP) is 2.90. The Hall–Kier alpha value is 0.600. The van der Waals surface area contributed by atoms with E-state index in [0.717, 1.165) is 11.5 Å². The average molecular weight is 211 g/mol. The zero-order valence-electron chi connectivity index (χ0n) is 7.76. The molecular weight excluding hydrogens is 192 g/mol. The molecule has 0 saturated carbocycles. The zero-order valence-corrected chi connectivity index (χ0v) is 9.33. The van der Waals surface area contributed by atoms with Crippen LogP contribution in [0.25, 0.3) is 0 Å². The Kier molecular flexibility index (Phi) is 10.2. The molecule has 0 aliphatic rings. The third-order valence-electron chi connectivity index (χ3n) is 1.63. The van der Waals surface area contributed by atoms with Crippen molar-refractivity contribution in [2.45, 2.75) is 38.7 Å². The van der Waals surface area contributed by atoms with Crippen molar-refractivity contribution in [3.8, 4) is 0 Å². The van der Waals surface area contributed by atoms with Gasteiger partial charge >= 0.3 is 0 Å². The van der Waals surface area contributed by atoms with Gasteiger partial charge in [0.1, 0.15) is 0 Å². The molecule has 0 aromatic heterocycles. The number of halogens is 1. The number of aliphatic hydroxyl groups excluding tert-OH is 1. The van der Waals surface area contributed by atoms with E-state index in [1.807, 2.05) is 0 Å². The van der Waals surface area contributed by atoms with Gasteiger partial charge in [-0.1, -0.05) is 26.2 Å². The van der Waals surface area contributed by atoms with Crippen LogP contribution in [-0.4, -0.2) is 28.6 Å². The quantitative estimate of drug-likeness (QED) is 0.491. The molecule has 74 valence electrons. The predicted molar refractivity (Wildman–Crippen MR) is 58.2 cm³/mol.